The number of H-pyrrole nitrogens is 1. The number of nitrogens with one attached hydrogen (secondary N) is 2. The predicted octanol–water partition coefficient (Wildman–Crippen LogP) is 3.39. The monoisotopic (exact) mass is 382 g/mol. The van der Waals surface area contributed by atoms with Crippen molar-refractivity contribution in [2.45, 2.75) is 6.92 Å². The lowest BCUT2D eigenvalue weighted by Gasteiger charge is -2.09. The van der Waals surface area contributed by atoms with Gasteiger partial charge >= 0.3 is 0 Å². The summed E-state index contributed by atoms with van der Waals surface area (Å²) < 4.78 is 23.5. The third-order valence-corrected chi connectivity index (χ3v) is 4.09. The molecular formula is C20H19FN4O3. The number of halogens is 1. The van der Waals surface area contributed by atoms with Crippen molar-refractivity contribution in [3.8, 4) is 22.8 Å². The highest BCUT2D eigenvalue weighted by atomic mass is 19.1. The zero-order valence-corrected chi connectivity index (χ0v) is 15.6. The van der Waals surface area contributed by atoms with Gasteiger partial charge in [0.05, 0.1) is 25.6 Å². The van der Waals surface area contributed by atoms with Gasteiger partial charge in [0.1, 0.15) is 11.5 Å². The highest BCUT2D eigenvalue weighted by Gasteiger charge is 2.12. The first-order valence-corrected chi connectivity index (χ1v) is 8.40. The van der Waals surface area contributed by atoms with Crippen LogP contribution in [-0.4, -0.2) is 36.0 Å². The number of hydrogen-bond donors (Lipinski definition) is 2. The summed E-state index contributed by atoms with van der Waals surface area (Å²) in [5.41, 5.74) is 5.31. The van der Waals surface area contributed by atoms with Gasteiger partial charge in [-0.15, -0.1) is 0 Å². The van der Waals surface area contributed by atoms with E-state index in [4.69, 9.17) is 9.47 Å². The molecule has 0 aliphatic heterocycles. The number of amides is 1. The van der Waals surface area contributed by atoms with Gasteiger partial charge in [0.25, 0.3) is 5.91 Å². The molecule has 3 aromatic rings. The summed E-state index contributed by atoms with van der Waals surface area (Å²) in [5, 5.41) is 10.8. The van der Waals surface area contributed by atoms with Crippen LogP contribution < -0.4 is 14.9 Å². The highest BCUT2D eigenvalue weighted by molar-refractivity contribution is 6.01. The van der Waals surface area contributed by atoms with Crippen molar-refractivity contribution in [3.63, 3.8) is 0 Å². The van der Waals surface area contributed by atoms with Gasteiger partial charge in [0, 0.05) is 11.1 Å². The maximum Gasteiger partial charge on any atom is 0.289 e. The second kappa shape index (κ2) is 8.34. The lowest BCUT2D eigenvalue weighted by atomic mass is 10.1. The van der Waals surface area contributed by atoms with Crippen molar-refractivity contribution in [2.75, 3.05) is 14.2 Å². The fraction of sp³-hybridized carbons (Fsp3) is 0.150. The Morgan fingerprint density at radius 3 is 2.46 bits per heavy atom. The number of aromatic nitrogens is 2. The molecule has 0 bridgehead atoms. The Bertz CT molecular complexity index is 1010. The van der Waals surface area contributed by atoms with E-state index < -0.39 is 5.91 Å². The number of hydrogen-bond acceptors (Lipinski definition) is 5. The van der Waals surface area contributed by atoms with Gasteiger partial charge in [-0.25, -0.2) is 9.82 Å². The van der Waals surface area contributed by atoms with Crippen LogP contribution in [0.2, 0.25) is 0 Å². The molecule has 0 unspecified atom stereocenters. The number of nitrogens with zero attached hydrogens (tertiary/aromatic N) is 2. The summed E-state index contributed by atoms with van der Waals surface area (Å²) in [6, 6.07) is 12.8. The molecule has 2 aromatic carbocycles. The van der Waals surface area contributed by atoms with E-state index >= 15 is 0 Å². The van der Waals surface area contributed by atoms with Crippen LogP contribution in [0.5, 0.6) is 11.5 Å². The van der Waals surface area contributed by atoms with E-state index in [9.17, 15) is 9.18 Å². The minimum Gasteiger partial charge on any atom is -0.493 e. The lowest BCUT2D eigenvalue weighted by Crippen LogP contribution is -2.19. The Kier molecular flexibility index (Phi) is 5.69. The Hall–Kier alpha value is -3.68. The average molecular weight is 382 g/mol. The molecule has 0 radical (unpaired) electrons. The second-order valence-electron chi connectivity index (χ2n) is 5.88. The first kappa shape index (κ1) is 19.1. The molecule has 1 heterocycles. The van der Waals surface area contributed by atoms with Crippen LogP contribution in [0.1, 0.15) is 23.0 Å². The van der Waals surface area contributed by atoms with Crippen molar-refractivity contribution in [1.29, 1.82) is 0 Å². The van der Waals surface area contributed by atoms with E-state index in [1.54, 1.807) is 51.5 Å². The summed E-state index contributed by atoms with van der Waals surface area (Å²) >= 11 is 0. The summed E-state index contributed by atoms with van der Waals surface area (Å²) in [6.07, 6.45) is 0. The van der Waals surface area contributed by atoms with Crippen LogP contribution in [-0.2, 0) is 0 Å². The van der Waals surface area contributed by atoms with E-state index in [-0.39, 0.29) is 11.5 Å². The Morgan fingerprint density at radius 2 is 1.79 bits per heavy atom. The largest absolute Gasteiger partial charge is 0.493 e. The van der Waals surface area contributed by atoms with Gasteiger partial charge in [-0.2, -0.15) is 10.2 Å². The Morgan fingerprint density at radius 1 is 1.07 bits per heavy atom. The molecule has 0 atom stereocenters. The molecule has 1 aromatic heterocycles. The third kappa shape index (κ3) is 4.17. The number of carbonyl (C=O) groups is 1. The minimum absolute atomic E-state index is 0.239. The summed E-state index contributed by atoms with van der Waals surface area (Å²) in [6.45, 7) is 1.76. The topological polar surface area (TPSA) is 88.6 Å². The van der Waals surface area contributed by atoms with E-state index in [0.29, 0.717) is 28.5 Å². The Balaban J connectivity index is 1.72. The van der Waals surface area contributed by atoms with E-state index in [2.05, 4.69) is 20.7 Å². The van der Waals surface area contributed by atoms with Crippen LogP contribution in [0.25, 0.3) is 11.3 Å². The molecular weight excluding hydrogens is 363 g/mol. The van der Waals surface area contributed by atoms with Gasteiger partial charge in [-0.1, -0.05) is 0 Å². The van der Waals surface area contributed by atoms with E-state index in [1.165, 1.54) is 12.1 Å². The van der Waals surface area contributed by atoms with Gasteiger partial charge in [0.2, 0.25) is 0 Å². The van der Waals surface area contributed by atoms with Crippen molar-refractivity contribution in [2.24, 2.45) is 5.10 Å². The van der Waals surface area contributed by atoms with Crippen LogP contribution in [0.4, 0.5) is 4.39 Å². The molecule has 0 saturated carbocycles. The summed E-state index contributed by atoms with van der Waals surface area (Å²) in [7, 11) is 3.11. The molecule has 28 heavy (non-hydrogen) atoms. The SMILES string of the molecule is COc1ccc(/C(C)=N\NC(=O)c2cc(-c3ccc(F)cc3)n[nH]2)cc1OC. The number of hydrazone groups is 1. The number of methoxy groups -OCH3 is 2. The molecule has 0 saturated heterocycles. The van der Waals surface area contributed by atoms with Crippen LogP contribution in [0.15, 0.2) is 53.6 Å². The average Bonchev–Trinajstić information content (AvgIpc) is 3.22. The summed E-state index contributed by atoms with van der Waals surface area (Å²) in [5.74, 6) is 0.394. The van der Waals surface area contributed by atoms with Gasteiger partial charge in [-0.3, -0.25) is 9.89 Å². The lowest BCUT2D eigenvalue weighted by molar-refractivity contribution is 0.0950. The molecule has 7 nitrogen and oxygen atoms in total. The zero-order chi connectivity index (χ0) is 20.1. The van der Waals surface area contributed by atoms with Crippen molar-refractivity contribution < 1.29 is 18.7 Å². The van der Waals surface area contributed by atoms with E-state index in [1.807, 2.05) is 6.07 Å². The maximum atomic E-state index is 13.0. The minimum atomic E-state index is -0.444. The number of carbonyl (C=O) groups excluding carboxylic acids is 1. The predicted molar refractivity (Wildman–Crippen MR) is 103 cm³/mol. The molecule has 1 amide bonds. The fourth-order valence-corrected chi connectivity index (χ4v) is 2.53. The first-order chi connectivity index (χ1) is 13.5. The molecule has 0 aliphatic rings. The fourth-order valence-electron chi connectivity index (χ4n) is 2.53. The molecule has 0 fully saturated rings. The Labute approximate surface area is 161 Å². The normalized spacial score (nSPS) is 11.2. The molecule has 0 spiro atoms. The number of rotatable bonds is 6. The molecule has 8 heteroatoms. The van der Waals surface area contributed by atoms with Gasteiger partial charge in [-0.05, 0) is 55.5 Å². The quantitative estimate of drug-likeness (QED) is 0.505. The van der Waals surface area contributed by atoms with Gasteiger partial charge in [0.15, 0.2) is 11.5 Å². The molecule has 0 aliphatic carbocycles. The zero-order valence-electron chi connectivity index (χ0n) is 15.6. The second-order valence-corrected chi connectivity index (χ2v) is 5.88. The molecule has 144 valence electrons. The summed E-state index contributed by atoms with van der Waals surface area (Å²) in [4.78, 5) is 12.3. The highest BCUT2D eigenvalue weighted by Crippen LogP contribution is 2.27. The number of aromatic amines is 1. The molecule has 2 N–H and O–H groups in total. The van der Waals surface area contributed by atoms with Crippen LogP contribution in [0, 0.1) is 5.82 Å². The van der Waals surface area contributed by atoms with Gasteiger partial charge < -0.3 is 9.47 Å². The van der Waals surface area contributed by atoms with E-state index in [0.717, 1.165) is 5.56 Å². The maximum absolute atomic E-state index is 13.0. The standard InChI is InChI=1S/C20H19FN4O3/c1-12(14-6-9-18(27-2)19(10-14)28-3)22-25-20(26)17-11-16(23-24-17)13-4-7-15(21)8-5-13/h4-11H,1-3H3,(H,23,24)(H,25,26)/b22-12-. The van der Waals surface area contributed by atoms with Crippen LogP contribution >= 0.6 is 0 Å². The first-order valence-electron chi connectivity index (χ1n) is 8.40. The number of benzene rings is 2. The number of ether oxygens (including phenoxy) is 2. The van der Waals surface area contributed by atoms with Crippen LogP contribution in [0.3, 0.4) is 0 Å². The molecule has 3 rings (SSSR count). The smallest absolute Gasteiger partial charge is 0.289 e. The van der Waals surface area contributed by atoms with Crippen molar-refractivity contribution in [3.05, 3.63) is 65.6 Å². The van der Waals surface area contributed by atoms with Crippen molar-refractivity contribution in [1.82, 2.24) is 15.6 Å². The van der Waals surface area contributed by atoms with Crippen molar-refractivity contribution >= 4 is 11.6 Å². The third-order valence-electron chi connectivity index (χ3n) is 4.09.